The zero-order valence-electron chi connectivity index (χ0n) is 11.3. The van der Waals surface area contributed by atoms with Gasteiger partial charge in [-0.2, -0.15) is 4.98 Å². The van der Waals surface area contributed by atoms with Gasteiger partial charge in [-0.3, -0.25) is 4.90 Å². The van der Waals surface area contributed by atoms with Gasteiger partial charge < -0.3 is 9.63 Å². The Bertz CT molecular complexity index is 334. The molecule has 5 nitrogen and oxygen atoms in total. The predicted molar refractivity (Wildman–Crippen MR) is 65.6 cm³/mol. The number of rotatable bonds is 6. The van der Waals surface area contributed by atoms with Gasteiger partial charge in [-0.25, -0.2) is 0 Å². The maximum absolute atomic E-state index is 9.44. The first-order valence-corrected chi connectivity index (χ1v) is 6.14. The second-order valence-corrected chi connectivity index (χ2v) is 5.08. The highest BCUT2D eigenvalue weighted by Gasteiger charge is 2.17. The van der Waals surface area contributed by atoms with Gasteiger partial charge in [-0.05, 0) is 20.8 Å². The molecule has 1 aromatic rings. The first kappa shape index (κ1) is 14.1. The molecule has 5 heteroatoms. The molecule has 1 rings (SSSR count). The Balaban J connectivity index is 2.65. The van der Waals surface area contributed by atoms with Crippen molar-refractivity contribution in [3.05, 3.63) is 11.7 Å². The van der Waals surface area contributed by atoms with Crippen LogP contribution >= 0.6 is 0 Å². The van der Waals surface area contributed by atoms with Gasteiger partial charge in [-0.1, -0.05) is 19.0 Å². The number of aliphatic hydroxyl groups is 1. The van der Waals surface area contributed by atoms with Crippen molar-refractivity contribution in [3.63, 3.8) is 0 Å². The summed E-state index contributed by atoms with van der Waals surface area (Å²) in [5.74, 6) is 1.60. The van der Waals surface area contributed by atoms with E-state index in [0.29, 0.717) is 30.8 Å². The van der Waals surface area contributed by atoms with E-state index in [2.05, 4.69) is 28.9 Å². The number of hydrogen-bond donors (Lipinski definition) is 1. The highest BCUT2D eigenvalue weighted by molar-refractivity contribution is 4.91. The molecule has 0 aliphatic carbocycles. The summed E-state index contributed by atoms with van der Waals surface area (Å²) in [4.78, 5) is 6.46. The van der Waals surface area contributed by atoms with Gasteiger partial charge in [0.25, 0.3) is 0 Å². The summed E-state index contributed by atoms with van der Waals surface area (Å²) in [7, 11) is 0. The van der Waals surface area contributed by atoms with Crippen molar-refractivity contribution in [3.8, 4) is 0 Å². The molecule has 0 fully saturated rings. The minimum Gasteiger partial charge on any atom is -0.392 e. The van der Waals surface area contributed by atoms with Crippen molar-refractivity contribution in [2.24, 2.45) is 0 Å². The Hall–Kier alpha value is -0.940. The van der Waals surface area contributed by atoms with E-state index >= 15 is 0 Å². The van der Waals surface area contributed by atoms with Crippen LogP contribution in [0.5, 0.6) is 0 Å². The molecule has 0 amide bonds. The lowest BCUT2D eigenvalue weighted by Crippen LogP contribution is -2.36. The Kier molecular flexibility index (Phi) is 5.08. The predicted octanol–water partition coefficient (Wildman–Crippen LogP) is 1.78. The lowest BCUT2D eigenvalue weighted by molar-refractivity contribution is 0.100. The van der Waals surface area contributed by atoms with Crippen LogP contribution in [0.1, 0.15) is 52.3 Å². The van der Waals surface area contributed by atoms with E-state index in [1.807, 2.05) is 13.8 Å². The third-order valence-corrected chi connectivity index (χ3v) is 2.55. The van der Waals surface area contributed by atoms with Crippen molar-refractivity contribution in [1.29, 1.82) is 0 Å². The fraction of sp³-hybridized carbons (Fsp3) is 0.833. The smallest absolute Gasteiger partial charge is 0.229 e. The molecule has 1 aromatic heterocycles. The lowest BCUT2D eigenvalue weighted by Gasteiger charge is -2.26. The molecule has 1 unspecified atom stereocenters. The quantitative estimate of drug-likeness (QED) is 0.822. The van der Waals surface area contributed by atoms with E-state index in [0.717, 1.165) is 0 Å². The highest BCUT2D eigenvalue weighted by atomic mass is 16.5. The molecule has 98 valence electrons. The van der Waals surface area contributed by atoms with Crippen LogP contribution in [0.25, 0.3) is 0 Å². The zero-order valence-corrected chi connectivity index (χ0v) is 11.3. The van der Waals surface area contributed by atoms with Crippen LogP contribution in [0, 0.1) is 0 Å². The lowest BCUT2D eigenvalue weighted by atomic mass is 10.2. The van der Waals surface area contributed by atoms with Crippen LogP contribution in [0.15, 0.2) is 4.52 Å². The normalized spacial score (nSPS) is 13.9. The summed E-state index contributed by atoms with van der Waals surface area (Å²) in [6, 6.07) is 0.339. The largest absolute Gasteiger partial charge is 0.392 e. The minimum absolute atomic E-state index is 0.250. The van der Waals surface area contributed by atoms with Crippen molar-refractivity contribution < 1.29 is 9.63 Å². The van der Waals surface area contributed by atoms with E-state index < -0.39 is 0 Å². The molecule has 0 radical (unpaired) electrons. The van der Waals surface area contributed by atoms with Crippen molar-refractivity contribution >= 4 is 0 Å². The molecule has 1 N–H and O–H groups in total. The van der Waals surface area contributed by atoms with Crippen molar-refractivity contribution in [2.45, 2.75) is 59.2 Å². The first-order chi connectivity index (χ1) is 7.90. The molecule has 0 spiro atoms. The molecule has 1 heterocycles. The van der Waals surface area contributed by atoms with Gasteiger partial charge in [-0.15, -0.1) is 0 Å². The molecule has 0 saturated carbocycles. The van der Waals surface area contributed by atoms with Gasteiger partial charge in [0.05, 0.1) is 12.6 Å². The molecule has 0 bridgehead atoms. The third-order valence-electron chi connectivity index (χ3n) is 2.55. The minimum atomic E-state index is -0.353. The fourth-order valence-electron chi connectivity index (χ4n) is 1.55. The summed E-state index contributed by atoms with van der Waals surface area (Å²) in [5, 5.41) is 13.4. The summed E-state index contributed by atoms with van der Waals surface area (Å²) in [5.41, 5.74) is 0. The maximum atomic E-state index is 9.44. The molecular weight excluding hydrogens is 218 g/mol. The molecule has 0 aromatic carbocycles. The SMILES string of the molecule is CC(O)CN(Cc1noc(C(C)C)n1)C(C)C. The van der Waals surface area contributed by atoms with Gasteiger partial charge in [0.15, 0.2) is 5.82 Å². The van der Waals surface area contributed by atoms with Crippen LogP contribution in [0.3, 0.4) is 0 Å². The third kappa shape index (κ3) is 4.44. The van der Waals surface area contributed by atoms with E-state index in [1.54, 1.807) is 6.92 Å². The average molecular weight is 241 g/mol. The molecule has 0 aliphatic rings. The molecule has 17 heavy (non-hydrogen) atoms. The number of aliphatic hydroxyl groups excluding tert-OH is 1. The van der Waals surface area contributed by atoms with Gasteiger partial charge in [0, 0.05) is 18.5 Å². The molecule has 0 saturated heterocycles. The van der Waals surface area contributed by atoms with Gasteiger partial charge in [0.2, 0.25) is 5.89 Å². The second kappa shape index (κ2) is 6.12. The van der Waals surface area contributed by atoms with Crippen molar-refractivity contribution in [2.75, 3.05) is 6.54 Å². The number of nitrogens with zero attached hydrogens (tertiary/aromatic N) is 3. The Morgan fingerprint density at radius 2 is 1.88 bits per heavy atom. The number of aromatic nitrogens is 2. The Labute approximate surface area is 103 Å². The molecule has 1 atom stereocenters. The van der Waals surface area contributed by atoms with E-state index in [9.17, 15) is 5.11 Å². The maximum Gasteiger partial charge on any atom is 0.229 e. The van der Waals surface area contributed by atoms with E-state index in [1.165, 1.54) is 0 Å². The number of hydrogen-bond acceptors (Lipinski definition) is 5. The topological polar surface area (TPSA) is 62.4 Å². The first-order valence-electron chi connectivity index (χ1n) is 6.14. The zero-order chi connectivity index (χ0) is 13.0. The highest BCUT2D eigenvalue weighted by Crippen LogP contribution is 2.13. The van der Waals surface area contributed by atoms with Crippen LogP contribution in [-0.4, -0.2) is 38.8 Å². The summed E-state index contributed by atoms with van der Waals surface area (Å²) < 4.78 is 5.16. The summed E-state index contributed by atoms with van der Waals surface area (Å²) >= 11 is 0. The standard InChI is InChI=1S/C12H23N3O2/c1-8(2)12-13-11(14-17-12)7-15(9(3)4)6-10(5)16/h8-10,16H,6-7H2,1-5H3. The fourth-order valence-corrected chi connectivity index (χ4v) is 1.55. The van der Waals surface area contributed by atoms with E-state index in [4.69, 9.17) is 4.52 Å². The Morgan fingerprint density at radius 3 is 2.29 bits per heavy atom. The van der Waals surface area contributed by atoms with E-state index in [-0.39, 0.29) is 12.0 Å². The van der Waals surface area contributed by atoms with Crippen LogP contribution in [0.4, 0.5) is 0 Å². The summed E-state index contributed by atoms with van der Waals surface area (Å²) in [6.45, 7) is 11.2. The van der Waals surface area contributed by atoms with Gasteiger partial charge >= 0.3 is 0 Å². The monoisotopic (exact) mass is 241 g/mol. The Morgan fingerprint density at radius 1 is 1.24 bits per heavy atom. The molecular formula is C12H23N3O2. The van der Waals surface area contributed by atoms with Crippen LogP contribution in [-0.2, 0) is 6.54 Å². The summed E-state index contributed by atoms with van der Waals surface area (Å²) in [6.07, 6.45) is -0.353. The molecule has 0 aliphatic heterocycles. The van der Waals surface area contributed by atoms with Crippen LogP contribution < -0.4 is 0 Å². The van der Waals surface area contributed by atoms with Gasteiger partial charge in [0.1, 0.15) is 0 Å². The van der Waals surface area contributed by atoms with Crippen molar-refractivity contribution in [1.82, 2.24) is 15.0 Å². The second-order valence-electron chi connectivity index (χ2n) is 5.08. The average Bonchev–Trinajstić information content (AvgIpc) is 2.64. The van der Waals surface area contributed by atoms with Crippen LogP contribution in [0.2, 0.25) is 0 Å².